The van der Waals surface area contributed by atoms with Gasteiger partial charge in [-0.15, -0.1) is 0 Å². The standard InChI is InChI=1S/C20H27N3O/c1-3-19(23-15(2)20-14-21-12-13-22-20)16-8-10-18(11-9-16)24-17-6-4-5-7-17/h8-15,17,19,23H,3-7H2,1-2H3. The highest BCUT2D eigenvalue weighted by Gasteiger charge is 2.17. The van der Waals surface area contributed by atoms with Gasteiger partial charge in [0.25, 0.3) is 0 Å². The Morgan fingerprint density at radius 2 is 1.92 bits per heavy atom. The van der Waals surface area contributed by atoms with Gasteiger partial charge in [0, 0.05) is 30.7 Å². The summed E-state index contributed by atoms with van der Waals surface area (Å²) in [6.07, 6.45) is 11.7. The summed E-state index contributed by atoms with van der Waals surface area (Å²) < 4.78 is 6.06. The molecule has 4 nitrogen and oxygen atoms in total. The maximum Gasteiger partial charge on any atom is 0.119 e. The van der Waals surface area contributed by atoms with Gasteiger partial charge in [0.15, 0.2) is 0 Å². The number of ether oxygens (including phenoxy) is 1. The Labute approximate surface area is 144 Å². The van der Waals surface area contributed by atoms with Crippen molar-refractivity contribution < 1.29 is 4.74 Å². The summed E-state index contributed by atoms with van der Waals surface area (Å²) in [6.45, 7) is 4.33. The fourth-order valence-corrected chi connectivity index (χ4v) is 3.35. The second-order valence-electron chi connectivity index (χ2n) is 6.57. The molecule has 2 unspecified atom stereocenters. The highest BCUT2D eigenvalue weighted by Crippen LogP contribution is 2.27. The number of aromatic nitrogens is 2. The first-order valence-electron chi connectivity index (χ1n) is 9.05. The first-order chi connectivity index (χ1) is 11.8. The van der Waals surface area contributed by atoms with Crippen molar-refractivity contribution in [3.8, 4) is 5.75 Å². The third-order valence-corrected chi connectivity index (χ3v) is 4.77. The van der Waals surface area contributed by atoms with Crippen LogP contribution in [0.25, 0.3) is 0 Å². The average molecular weight is 325 g/mol. The smallest absolute Gasteiger partial charge is 0.119 e. The van der Waals surface area contributed by atoms with Gasteiger partial charge in [-0.3, -0.25) is 9.97 Å². The molecule has 24 heavy (non-hydrogen) atoms. The van der Waals surface area contributed by atoms with E-state index >= 15 is 0 Å². The topological polar surface area (TPSA) is 47.0 Å². The third-order valence-electron chi connectivity index (χ3n) is 4.77. The van der Waals surface area contributed by atoms with Crippen molar-refractivity contribution in [3.05, 3.63) is 54.1 Å². The lowest BCUT2D eigenvalue weighted by molar-refractivity contribution is 0.210. The molecule has 1 saturated carbocycles. The van der Waals surface area contributed by atoms with Crippen molar-refractivity contribution in [2.75, 3.05) is 0 Å². The summed E-state index contributed by atoms with van der Waals surface area (Å²) >= 11 is 0. The molecule has 2 atom stereocenters. The normalized spacial score (nSPS) is 17.6. The number of nitrogens with one attached hydrogen (secondary N) is 1. The van der Waals surface area contributed by atoms with Gasteiger partial charge in [-0.05, 0) is 56.7 Å². The molecule has 1 N–H and O–H groups in total. The summed E-state index contributed by atoms with van der Waals surface area (Å²) in [7, 11) is 0. The lowest BCUT2D eigenvalue weighted by atomic mass is 10.0. The van der Waals surface area contributed by atoms with Gasteiger partial charge in [-0.2, -0.15) is 0 Å². The van der Waals surface area contributed by atoms with E-state index in [4.69, 9.17) is 4.74 Å². The fourth-order valence-electron chi connectivity index (χ4n) is 3.35. The molecule has 128 valence electrons. The predicted molar refractivity (Wildman–Crippen MR) is 95.9 cm³/mol. The molecule has 1 heterocycles. The largest absolute Gasteiger partial charge is 0.490 e. The highest BCUT2D eigenvalue weighted by atomic mass is 16.5. The molecule has 0 aliphatic heterocycles. The van der Waals surface area contributed by atoms with Crippen LogP contribution < -0.4 is 10.1 Å². The monoisotopic (exact) mass is 325 g/mol. The quantitative estimate of drug-likeness (QED) is 0.808. The van der Waals surface area contributed by atoms with Crippen LogP contribution in [0.1, 0.15) is 69.3 Å². The molecule has 1 aliphatic rings. The number of benzene rings is 1. The molecule has 1 aromatic heterocycles. The van der Waals surface area contributed by atoms with E-state index in [1.807, 2.05) is 6.20 Å². The van der Waals surface area contributed by atoms with Crippen LogP contribution in [0.4, 0.5) is 0 Å². The van der Waals surface area contributed by atoms with Crippen LogP contribution in [0, 0.1) is 0 Å². The van der Waals surface area contributed by atoms with Crippen LogP contribution >= 0.6 is 0 Å². The molecular formula is C20H27N3O. The minimum absolute atomic E-state index is 0.165. The van der Waals surface area contributed by atoms with Crippen LogP contribution in [0.3, 0.4) is 0 Å². The molecule has 2 aromatic rings. The van der Waals surface area contributed by atoms with E-state index in [1.165, 1.54) is 31.2 Å². The minimum Gasteiger partial charge on any atom is -0.490 e. The number of hydrogen-bond donors (Lipinski definition) is 1. The molecule has 1 aliphatic carbocycles. The number of nitrogens with zero attached hydrogens (tertiary/aromatic N) is 2. The van der Waals surface area contributed by atoms with Crippen LogP contribution in [0.15, 0.2) is 42.9 Å². The summed E-state index contributed by atoms with van der Waals surface area (Å²) in [4.78, 5) is 8.54. The summed E-state index contributed by atoms with van der Waals surface area (Å²) in [5, 5.41) is 3.65. The van der Waals surface area contributed by atoms with Gasteiger partial charge in [0.1, 0.15) is 5.75 Å². The van der Waals surface area contributed by atoms with E-state index in [1.54, 1.807) is 12.4 Å². The van der Waals surface area contributed by atoms with E-state index in [0.29, 0.717) is 12.1 Å². The van der Waals surface area contributed by atoms with E-state index < -0.39 is 0 Å². The van der Waals surface area contributed by atoms with Crippen molar-refractivity contribution in [1.29, 1.82) is 0 Å². The summed E-state index contributed by atoms with van der Waals surface area (Å²) in [6, 6.07) is 9.01. The van der Waals surface area contributed by atoms with Gasteiger partial charge in [-0.1, -0.05) is 19.1 Å². The van der Waals surface area contributed by atoms with E-state index in [-0.39, 0.29) is 6.04 Å². The van der Waals surface area contributed by atoms with Crippen LogP contribution in [0.2, 0.25) is 0 Å². The average Bonchev–Trinajstić information content (AvgIpc) is 3.14. The zero-order valence-electron chi connectivity index (χ0n) is 14.6. The molecule has 1 aromatic carbocycles. The zero-order valence-corrected chi connectivity index (χ0v) is 14.6. The Bertz CT molecular complexity index is 609. The second-order valence-corrected chi connectivity index (χ2v) is 6.57. The maximum atomic E-state index is 6.06. The van der Waals surface area contributed by atoms with Crippen molar-refractivity contribution >= 4 is 0 Å². The lowest BCUT2D eigenvalue weighted by Crippen LogP contribution is -2.25. The van der Waals surface area contributed by atoms with Crippen molar-refractivity contribution in [2.45, 2.75) is 64.1 Å². The lowest BCUT2D eigenvalue weighted by Gasteiger charge is -2.22. The molecule has 0 spiro atoms. The molecule has 0 radical (unpaired) electrons. The Hall–Kier alpha value is -1.94. The Morgan fingerprint density at radius 3 is 2.54 bits per heavy atom. The Kier molecular flexibility index (Phi) is 5.81. The molecule has 3 rings (SSSR count). The van der Waals surface area contributed by atoms with Crippen LogP contribution in [0.5, 0.6) is 5.75 Å². The minimum atomic E-state index is 0.165. The van der Waals surface area contributed by atoms with E-state index in [9.17, 15) is 0 Å². The summed E-state index contributed by atoms with van der Waals surface area (Å²) in [5.74, 6) is 0.988. The van der Waals surface area contributed by atoms with Gasteiger partial charge in [-0.25, -0.2) is 0 Å². The first kappa shape index (κ1) is 16.9. The second kappa shape index (κ2) is 8.25. The molecule has 0 amide bonds. The Balaban J connectivity index is 1.62. The predicted octanol–water partition coefficient (Wildman–Crippen LogP) is 4.60. The molecule has 0 saturated heterocycles. The maximum absolute atomic E-state index is 6.06. The Morgan fingerprint density at radius 1 is 1.17 bits per heavy atom. The van der Waals surface area contributed by atoms with E-state index in [0.717, 1.165) is 17.9 Å². The molecule has 0 bridgehead atoms. The third kappa shape index (κ3) is 4.32. The molecular weight excluding hydrogens is 298 g/mol. The van der Waals surface area contributed by atoms with Crippen molar-refractivity contribution in [1.82, 2.24) is 15.3 Å². The van der Waals surface area contributed by atoms with Crippen molar-refractivity contribution in [3.63, 3.8) is 0 Å². The molecule has 4 heteroatoms. The van der Waals surface area contributed by atoms with Crippen molar-refractivity contribution in [2.24, 2.45) is 0 Å². The van der Waals surface area contributed by atoms with Gasteiger partial charge >= 0.3 is 0 Å². The zero-order chi connectivity index (χ0) is 16.8. The number of rotatable bonds is 7. The molecule has 1 fully saturated rings. The first-order valence-corrected chi connectivity index (χ1v) is 9.05. The summed E-state index contributed by atoms with van der Waals surface area (Å²) in [5.41, 5.74) is 2.25. The van der Waals surface area contributed by atoms with Gasteiger partial charge < -0.3 is 10.1 Å². The van der Waals surface area contributed by atoms with Crippen LogP contribution in [-0.2, 0) is 0 Å². The fraction of sp³-hybridized carbons (Fsp3) is 0.500. The highest BCUT2D eigenvalue weighted by molar-refractivity contribution is 5.29. The van der Waals surface area contributed by atoms with Gasteiger partial charge in [0.05, 0.1) is 11.8 Å². The van der Waals surface area contributed by atoms with E-state index in [2.05, 4.69) is 53.4 Å². The SMILES string of the molecule is CCC(NC(C)c1cnccn1)c1ccc(OC2CCCC2)cc1. The number of hydrogen-bond acceptors (Lipinski definition) is 4. The van der Waals surface area contributed by atoms with Crippen LogP contribution in [-0.4, -0.2) is 16.1 Å². The van der Waals surface area contributed by atoms with Gasteiger partial charge in [0.2, 0.25) is 0 Å².